The standard InChI is InChI=1S/C20H37N3O3/c1-4-16-26-21-19(5-2)17-9-13-22(14-10-17)18-8-7-12-23(15-11-18)20(24)25-6-3/h17-18H,4-16H2,1-3H3. The maximum atomic E-state index is 12.0. The van der Waals surface area contributed by atoms with Crippen LogP contribution in [0, 0.1) is 5.92 Å². The number of carbonyl (C=O) groups is 1. The molecule has 26 heavy (non-hydrogen) atoms. The number of likely N-dealkylation sites (tertiary alicyclic amines) is 2. The highest BCUT2D eigenvalue weighted by Gasteiger charge is 2.29. The predicted octanol–water partition coefficient (Wildman–Crippen LogP) is 3.90. The summed E-state index contributed by atoms with van der Waals surface area (Å²) in [6, 6.07) is 0.591. The SMILES string of the molecule is CCCON=C(CC)C1CCN(C2CCCN(C(=O)OCC)CC2)CC1. The minimum Gasteiger partial charge on any atom is -0.450 e. The summed E-state index contributed by atoms with van der Waals surface area (Å²) >= 11 is 0. The molecule has 150 valence electrons. The largest absolute Gasteiger partial charge is 0.450 e. The summed E-state index contributed by atoms with van der Waals surface area (Å²) in [5.41, 5.74) is 1.23. The van der Waals surface area contributed by atoms with Gasteiger partial charge in [0.1, 0.15) is 6.61 Å². The van der Waals surface area contributed by atoms with E-state index < -0.39 is 0 Å². The third-order valence-electron chi connectivity index (χ3n) is 5.58. The Hall–Kier alpha value is -1.30. The van der Waals surface area contributed by atoms with Crippen molar-refractivity contribution >= 4 is 11.8 Å². The Morgan fingerprint density at radius 1 is 1.04 bits per heavy atom. The van der Waals surface area contributed by atoms with E-state index in [4.69, 9.17) is 9.57 Å². The molecular weight excluding hydrogens is 330 g/mol. The van der Waals surface area contributed by atoms with Crippen molar-refractivity contribution in [3.63, 3.8) is 0 Å². The molecule has 2 aliphatic rings. The minimum absolute atomic E-state index is 0.150. The Kier molecular flexibility index (Phi) is 9.23. The molecule has 0 bridgehead atoms. The van der Waals surface area contributed by atoms with Gasteiger partial charge in [0.2, 0.25) is 0 Å². The molecule has 0 aromatic carbocycles. The van der Waals surface area contributed by atoms with E-state index in [9.17, 15) is 4.79 Å². The summed E-state index contributed by atoms with van der Waals surface area (Å²) in [6.45, 7) is 11.2. The normalized spacial score (nSPS) is 23.6. The van der Waals surface area contributed by atoms with Gasteiger partial charge in [-0.2, -0.15) is 0 Å². The maximum Gasteiger partial charge on any atom is 0.409 e. The second-order valence-corrected chi connectivity index (χ2v) is 7.35. The Bertz CT molecular complexity index is 448. The van der Waals surface area contributed by atoms with Crippen LogP contribution < -0.4 is 0 Å². The van der Waals surface area contributed by atoms with Crippen molar-refractivity contribution in [3.8, 4) is 0 Å². The molecule has 0 aromatic rings. The number of rotatable bonds is 7. The van der Waals surface area contributed by atoms with Crippen LogP contribution in [-0.2, 0) is 9.57 Å². The van der Waals surface area contributed by atoms with E-state index in [1.807, 2.05) is 11.8 Å². The highest BCUT2D eigenvalue weighted by Crippen LogP contribution is 2.26. The van der Waals surface area contributed by atoms with Gasteiger partial charge < -0.3 is 19.4 Å². The van der Waals surface area contributed by atoms with E-state index in [0.29, 0.717) is 25.2 Å². The number of oxime groups is 1. The van der Waals surface area contributed by atoms with Crippen LogP contribution in [0.25, 0.3) is 0 Å². The number of ether oxygens (including phenoxy) is 1. The van der Waals surface area contributed by atoms with Crippen molar-refractivity contribution < 1.29 is 14.4 Å². The van der Waals surface area contributed by atoms with Crippen LogP contribution >= 0.6 is 0 Å². The lowest BCUT2D eigenvalue weighted by molar-refractivity contribution is 0.104. The number of hydrogen-bond donors (Lipinski definition) is 0. The van der Waals surface area contributed by atoms with Crippen LogP contribution in [0.3, 0.4) is 0 Å². The molecule has 6 nitrogen and oxygen atoms in total. The van der Waals surface area contributed by atoms with Crippen LogP contribution in [0.4, 0.5) is 4.79 Å². The van der Waals surface area contributed by atoms with Gasteiger partial charge in [0.15, 0.2) is 0 Å². The topological polar surface area (TPSA) is 54.4 Å². The average molecular weight is 368 g/mol. The minimum atomic E-state index is -0.150. The third-order valence-corrected chi connectivity index (χ3v) is 5.58. The molecule has 2 rings (SSSR count). The lowest BCUT2D eigenvalue weighted by atomic mass is 9.89. The molecule has 2 fully saturated rings. The Labute approximate surface area is 158 Å². The van der Waals surface area contributed by atoms with Crippen molar-refractivity contribution in [2.24, 2.45) is 11.1 Å². The van der Waals surface area contributed by atoms with Crippen molar-refractivity contribution in [1.82, 2.24) is 9.80 Å². The number of carbonyl (C=O) groups excluding carboxylic acids is 1. The predicted molar refractivity (Wildman–Crippen MR) is 105 cm³/mol. The second kappa shape index (κ2) is 11.4. The fraction of sp³-hybridized carbons (Fsp3) is 0.900. The van der Waals surface area contributed by atoms with E-state index in [1.165, 1.54) is 25.0 Å². The van der Waals surface area contributed by atoms with Gasteiger partial charge in [0, 0.05) is 25.0 Å². The zero-order chi connectivity index (χ0) is 18.8. The molecule has 0 aliphatic carbocycles. The molecule has 0 radical (unpaired) electrons. The lowest BCUT2D eigenvalue weighted by Crippen LogP contribution is -2.43. The summed E-state index contributed by atoms with van der Waals surface area (Å²) in [5, 5.41) is 4.40. The highest BCUT2D eigenvalue weighted by atomic mass is 16.6. The van der Waals surface area contributed by atoms with E-state index in [1.54, 1.807) is 0 Å². The van der Waals surface area contributed by atoms with Crippen molar-refractivity contribution in [2.75, 3.05) is 39.4 Å². The fourth-order valence-corrected chi connectivity index (χ4v) is 4.09. The first-order chi connectivity index (χ1) is 12.7. The molecule has 2 saturated heterocycles. The number of amides is 1. The van der Waals surface area contributed by atoms with Gasteiger partial charge in [-0.05, 0) is 65.0 Å². The molecule has 6 heteroatoms. The van der Waals surface area contributed by atoms with E-state index in [-0.39, 0.29) is 6.09 Å². The first-order valence-electron chi connectivity index (χ1n) is 10.5. The summed E-state index contributed by atoms with van der Waals surface area (Å²) in [6.07, 6.45) is 7.46. The monoisotopic (exact) mass is 367 g/mol. The third kappa shape index (κ3) is 6.15. The Morgan fingerprint density at radius 2 is 1.81 bits per heavy atom. The molecule has 0 N–H and O–H groups in total. The summed E-state index contributed by atoms with van der Waals surface area (Å²) < 4.78 is 5.16. The second-order valence-electron chi connectivity index (χ2n) is 7.35. The van der Waals surface area contributed by atoms with E-state index >= 15 is 0 Å². The first kappa shape index (κ1) is 21.0. The van der Waals surface area contributed by atoms with Gasteiger partial charge in [0.05, 0.1) is 12.3 Å². The molecular formula is C20H37N3O3. The molecule has 2 aliphatic heterocycles. The molecule has 2 heterocycles. The van der Waals surface area contributed by atoms with Crippen LogP contribution in [0.5, 0.6) is 0 Å². The lowest BCUT2D eigenvalue weighted by Gasteiger charge is -2.37. The zero-order valence-electron chi connectivity index (χ0n) is 16.9. The van der Waals surface area contributed by atoms with Crippen molar-refractivity contribution in [2.45, 2.75) is 71.8 Å². The van der Waals surface area contributed by atoms with Gasteiger partial charge in [-0.1, -0.05) is 19.0 Å². The van der Waals surface area contributed by atoms with Crippen LogP contribution in [0.15, 0.2) is 5.16 Å². The van der Waals surface area contributed by atoms with Crippen molar-refractivity contribution in [3.05, 3.63) is 0 Å². The van der Waals surface area contributed by atoms with Gasteiger partial charge in [-0.15, -0.1) is 0 Å². The van der Waals surface area contributed by atoms with Crippen LogP contribution in [-0.4, -0.2) is 67.0 Å². The van der Waals surface area contributed by atoms with Crippen LogP contribution in [0.1, 0.15) is 65.7 Å². The first-order valence-corrected chi connectivity index (χ1v) is 10.5. The van der Waals surface area contributed by atoms with Gasteiger partial charge in [0.25, 0.3) is 0 Å². The summed E-state index contributed by atoms with van der Waals surface area (Å²) in [5.74, 6) is 0.565. The number of nitrogens with zero attached hydrogens (tertiary/aromatic N) is 3. The number of piperidine rings is 1. The van der Waals surface area contributed by atoms with E-state index in [2.05, 4.69) is 23.9 Å². The number of hydrogen-bond acceptors (Lipinski definition) is 5. The van der Waals surface area contributed by atoms with E-state index in [0.717, 1.165) is 51.9 Å². The molecule has 0 spiro atoms. The summed E-state index contributed by atoms with van der Waals surface area (Å²) in [7, 11) is 0. The fourth-order valence-electron chi connectivity index (χ4n) is 4.09. The molecule has 1 unspecified atom stereocenters. The average Bonchev–Trinajstić information content (AvgIpc) is 2.92. The highest BCUT2D eigenvalue weighted by molar-refractivity contribution is 5.86. The zero-order valence-corrected chi connectivity index (χ0v) is 16.9. The Balaban J connectivity index is 1.80. The molecule has 0 aromatic heterocycles. The van der Waals surface area contributed by atoms with Gasteiger partial charge >= 0.3 is 6.09 Å². The van der Waals surface area contributed by atoms with Gasteiger partial charge in [-0.3, -0.25) is 0 Å². The Morgan fingerprint density at radius 3 is 2.46 bits per heavy atom. The molecule has 1 atom stereocenters. The van der Waals surface area contributed by atoms with Gasteiger partial charge in [-0.25, -0.2) is 4.79 Å². The summed E-state index contributed by atoms with van der Waals surface area (Å²) in [4.78, 5) is 21.9. The van der Waals surface area contributed by atoms with Crippen LogP contribution in [0.2, 0.25) is 0 Å². The van der Waals surface area contributed by atoms with Crippen molar-refractivity contribution in [1.29, 1.82) is 0 Å². The molecule has 1 amide bonds. The quantitative estimate of drug-likeness (QED) is 0.389. The smallest absolute Gasteiger partial charge is 0.409 e. The molecule has 0 saturated carbocycles. The maximum absolute atomic E-state index is 12.0.